The van der Waals surface area contributed by atoms with Gasteiger partial charge in [0.15, 0.2) is 0 Å². The van der Waals surface area contributed by atoms with Crippen LogP contribution in [0.15, 0.2) is 60.7 Å². The third kappa shape index (κ3) is 5.66. The highest BCUT2D eigenvalue weighted by Crippen LogP contribution is 2.01. The largest absolute Gasteiger partial charge is 0.331 e. The molecule has 2 aromatic carbocycles. The second-order valence-electron chi connectivity index (χ2n) is 8.93. The maximum absolute atomic E-state index is 2.28. The molecule has 0 bridgehead atoms. The first kappa shape index (κ1) is 19.6. The Bertz CT molecular complexity index is 671. The van der Waals surface area contributed by atoms with Crippen LogP contribution in [0.5, 0.6) is 0 Å². The van der Waals surface area contributed by atoms with E-state index in [1.165, 1.54) is 89.2 Å². The molecule has 150 valence electrons. The highest BCUT2D eigenvalue weighted by molar-refractivity contribution is 5.14. The van der Waals surface area contributed by atoms with Crippen LogP contribution in [0.2, 0.25) is 0 Å². The molecule has 0 aliphatic carbocycles. The first-order chi connectivity index (χ1) is 13.9. The zero-order valence-electron chi connectivity index (χ0n) is 17.3. The maximum atomic E-state index is 2.28. The molecule has 2 heterocycles. The van der Waals surface area contributed by atoms with Gasteiger partial charge in [-0.05, 0) is 12.0 Å². The maximum Gasteiger partial charge on any atom is 0.127 e. The lowest BCUT2D eigenvalue weighted by atomic mass is 10.0. The molecule has 2 aliphatic heterocycles. The van der Waals surface area contributed by atoms with Gasteiger partial charge in [0.05, 0.1) is 25.7 Å². The summed E-state index contributed by atoms with van der Waals surface area (Å²) in [6, 6.07) is 22.9. The van der Waals surface area contributed by atoms with E-state index in [1.807, 2.05) is 9.80 Å². The number of likely N-dealkylation sites (tertiary alicyclic amines) is 1. The van der Waals surface area contributed by atoms with E-state index in [9.17, 15) is 0 Å². The van der Waals surface area contributed by atoms with Gasteiger partial charge in [-0.15, -0.1) is 0 Å². The number of benzene rings is 2. The minimum absolute atomic E-state index is 0.922. The van der Waals surface area contributed by atoms with E-state index in [4.69, 9.17) is 0 Å². The van der Waals surface area contributed by atoms with Crippen molar-refractivity contribution in [2.45, 2.75) is 38.3 Å². The van der Waals surface area contributed by atoms with Crippen LogP contribution in [0.3, 0.4) is 0 Å². The molecule has 2 aromatic rings. The Morgan fingerprint density at radius 2 is 1.25 bits per heavy atom. The van der Waals surface area contributed by atoms with Crippen molar-refractivity contribution in [2.75, 3.05) is 45.8 Å². The fraction of sp³-hybridized carbons (Fsp3) is 0.520. The van der Waals surface area contributed by atoms with Crippen molar-refractivity contribution in [3.63, 3.8) is 0 Å². The topological polar surface area (TPSA) is 13.3 Å². The van der Waals surface area contributed by atoms with Crippen LogP contribution in [0.4, 0.5) is 0 Å². The zero-order valence-corrected chi connectivity index (χ0v) is 17.3. The van der Waals surface area contributed by atoms with Gasteiger partial charge in [-0.2, -0.15) is 0 Å². The van der Waals surface area contributed by atoms with Gasteiger partial charge in [0, 0.05) is 24.8 Å². The predicted octanol–water partition coefficient (Wildman–Crippen LogP) is -0.350. The molecular weight excluding hydrogens is 342 g/mol. The molecule has 0 spiro atoms. The van der Waals surface area contributed by atoms with Crippen molar-refractivity contribution in [1.29, 1.82) is 0 Å². The van der Waals surface area contributed by atoms with E-state index in [0.29, 0.717) is 0 Å². The van der Waals surface area contributed by atoms with E-state index >= 15 is 0 Å². The number of aryl methyl sites for hydroxylation is 1. The standard InChI is InChI=1S/C25H35N3/c1-3-8-23(9-4-1)12-7-15-26-18-20-28(21-19-26)25-13-16-27(17-14-25)22-24-10-5-2-6-11-24/h1-6,8-11,25H,7,12-22H2/p+3. The Balaban J connectivity index is 1.13. The third-order valence-electron chi connectivity index (χ3n) is 7.00. The fourth-order valence-corrected chi connectivity index (χ4v) is 5.27. The Labute approximate surface area is 171 Å². The number of hydrogen-bond acceptors (Lipinski definition) is 0. The van der Waals surface area contributed by atoms with Crippen molar-refractivity contribution < 1.29 is 14.7 Å². The van der Waals surface area contributed by atoms with Crippen LogP contribution >= 0.6 is 0 Å². The molecule has 0 aromatic heterocycles. The SMILES string of the molecule is c1ccc(CCC[NH+]2CC[NH+](C3CC[NH+](Cc4ccccc4)CC3)CC2)cc1. The highest BCUT2D eigenvalue weighted by atomic mass is 15.3. The Hall–Kier alpha value is -1.68. The first-order valence-electron chi connectivity index (χ1n) is 11.5. The molecule has 3 nitrogen and oxygen atoms in total. The summed E-state index contributed by atoms with van der Waals surface area (Å²) in [6.07, 6.45) is 5.40. The van der Waals surface area contributed by atoms with E-state index < -0.39 is 0 Å². The molecular formula is C25H38N3+3. The normalized spacial score (nSPS) is 28.1. The van der Waals surface area contributed by atoms with Crippen LogP contribution in [0.25, 0.3) is 0 Å². The summed E-state index contributed by atoms with van der Waals surface area (Å²) in [5.41, 5.74) is 2.99. The Kier molecular flexibility index (Phi) is 7.15. The lowest BCUT2D eigenvalue weighted by Gasteiger charge is -2.37. The van der Waals surface area contributed by atoms with Gasteiger partial charge < -0.3 is 14.7 Å². The van der Waals surface area contributed by atoms with E-state index in [1.54, 1.807) is 4.90 Å². The minimum atomic E-state index is 0.922. The third-order valence-corrected chi connectivity index (χ3v) is 7.00. The summed E-state index contributed by atoms with van der Waals surface area (Å²) >= 11 is 0. The van der Waals surface area contributed by atoms with E-state index in [2.05, 4.69) is 60.7 Å². The number of nitrogens with one attached hydrogen (secondary N) is 3. The van der Waals surface area contributed by atoms with Gasteiger partial charge in [0.2, 0.25) is 0 Å². The van der Waals surface area contributed by atoms with E-state index in [-0.39, 0.29) is 0 Å². The Morgan fingerprint density at radius 3 is 1.89 bits per heavy atom. The number of quaternary nitrogens is 3. The second kappa shape index (κ2) is 10.2. The number of rotatable bonds is 7. The summed E-state index contributed by atoms with van der Waals surface area (Å²) in [5, 5.41) is 0. The molecule has 4 rings (SSSR count). The smallest absolute Gasteiger partial charge is 0.127 e. The average Bonchev–Trinajstić information content (AvgIpc) is 2.76. The van der Waals surface area contributed by atoms with Crippen LogP contribution in [-0.2, 0) is 13.0 Å². The van der Waals surface area contributed by atoms with Crippen LogP contribution in [-0.4, -0.2) is 51.9 Å². The number of piperazine rings is 1. The van der Waals surface area contributed by atoms with Crippen molar-refractivity contribution in [2.24, 2.45) is 0 Å². The highest BCUT2D eigenvalue weighted by Gasteiger charge is 2.33. The molecule has 0 saturated carbocycles. The number of piperidine rings is 1. The van der Waals surface area contributed by atoms with Gasteiger partial charge in [-0.3, -0.25) is 0 Å². The van der Waals surface area contributed by atoms with Crippen molar-refractivity contribution in [3.8, 4) is 0 Å². The quantitative estimate of drug-likeness (QED) is 0.581. The molecule has 0 radical (unpaired) electrons. The summed E-state index contributed by atoms with van der Waals surface area (Å²) in [5.74, 6) is 0. The summed E-state index contributed by atoms with van der Waals surface area (Å²) < 4.78 is 0. The van der Waals surface area contributed by atoms with Crippen molar-refractivity contribution in [1.82, 2.24) is 0 Å². The summed E-state index contributed by atoms with van der Waals surface area (Å²) in [7, 11) is 0. The van der Waals surface area contributed by atoms with E-state index in [0.717, 1.165) is 6.04 Å². The summed E-state index contributed by atoms with van der Waals surface area (Å²) in [4.78, 5) is 5.53. The molecule has 0 unspecified atom stereocenters. The zero-order chi connectivity index (χ0) is 19.0. The molecule has 0 atom stereocenters. The first-order valence-corrected chi connectivity index (χ1v) is 11.5. The van der Waals surface area contributed by atoms with Gasteiger partial charge >= 0.3 is 0 Å². The minimum Gasteiger partial charge on any atom is -0.331 e. The van der Waals surface area contributed by atoms with Crippen LogP contribution < -0.4 is 14.7 Å². The Morgan fingerprint density at radius 1 is 0.643 bits per heavy atom. The molecule has 2 fully saturated rings. The van der Waals surface area contributed by atoms with Crippen LogP contribution in [0.1, 0.15) is 30.4 Å². The second-order valence-corrected chi connectivity index (χ2v) is 8.93. The van der Waals surface area contributed by atoms with Crippen LogP contribution in [0, 0.1) is 0 Å². The molecule has 0 amide bonds. The lowest BCUT2D eigenvalue weighted by Crippen LogP contribution is -3.30. The van der Waals surface area contributed by atoms with Crippen molar-refractivity contribution in [3.05, 3.63) is 71.8 Å². The lowest BCUT2D eigenvalue weighted by molar-refractivity contribution is -1.03. The summed E-state index contributed by atoms with van der Waals surface area (Å²) in [6.45, 7) is 10.8. The van der Waals surface area contributed by atoms with Gasteiger partial charge in [-0.25, -0.2) is 0 Å². The fourth-order valence-electron chi connectivity index (χ4n) is 5.27. The molecule has 28 heavy (non-hydrogen) atoms. The van der Waals surface area contributed by atoms with Gasteiger partial charge in [-0.1, -0.05) is 60.7 Å². The molecule has 2 aliphatic rings. The van der Waals surface area contributed by atoms with Crippen molar-refractivity contribution >= 4 is 0 Å². The van der Waals surface area contributed by atoms with Gasteiger partial charge in [0.1, 0.15) is 32.7 Å². The monoisotopic (exact) mass is 380 g/mol. The average molecular weight is 381 g/mol. The molecule has 3 heteroatoms. The van der Waals surface area contributed by atoms with Gasteiger partial charge in [0.25, 0.3) is 0 Å². The molecule has 2 saturated heterocycles. The molecule has 3 N–H and O–H groups in total. The predicted molar refractivity (Wildman–Crippen MR) is 115 cm³/mol. The number of hydrogen-bond donors (Lipinski definition) is 3.